The second-order valence-electron chi connectivity index (χ2n) is 10.4. The van der Waals surface area contributed by atoms with Gasteiger partial charge in [-0.05, 0) is 36.3 Å². The average molecular weight is 570 g/mol. The fourth-order valence-electron chi connectivity index (χ4n) is 4.98. The van der Waals surface area contributed by atoms with Crippen LogP contribution in [0.5, 0.6) is 0 Å². The molecular weight excluding hydrogens is 544 g/mol. The van der Waals surface area contributed by atoms with Crippen LogP contribution in [-0.2, 0) is 38.7 Å². The Bertz CT molecular complexity index is 1860. The SMILES string of the molecule is Cc1ccc(-c2c3ccc(cc4nc(cc5nc(c(S(C)(=O)=O)c6ccc2[n-]6)C=C5)CC4(C)C)[n-]3)cc1.[Cu+2]. The Morgan fingerprint density at radius 2 is 1.53 bits per heavy atom. The Balaban J connectivity index is 0.00000294. The molecule has 2 aliphatic heterocycles. The van der Waals surface area contributed by atoms with Gasteiger partial charge in [-0.15, -0.1) is 22.1 Å². The molecule has 1 radical (unpaired) electrons. The Morgan fingerprint density at radius 3 is 2.26 bits per heavy atom. The van der Waals surface area contributed by atoms with E-state index < -0.39 is 9.84 Å². The van der Waals surface area contributed by atoms with E-state index in [0.717, 1.165) is 45.5 Å². The van der Waals surface area contributed by atoms with Crippen LogP contribution >= 0.6 is 0 Å². The summed E-state index contributed by atoms with van der Waals surface area (Å²) in [7, 11) is -3.63. The monoisotopic (exact) mass is 569 g/mol. The summed E-state index contributed by atoms with van der Waals surface area (Å²) < 4.78 is 25.9. The number of nitrogens with zero attached hydrogens (tertiary/aromatic N) is 4. The first-order valence-corrected chi connectivity index (χ1v) is 14.0. The maximum Gasteiger partial charge on any atom is 2.00 e. The Hall–Kier alpha value is -3.45. The summed E-state index contributed by atoms with van der Waals surface area (Å²) in [5.41, 5.74) is 8.32. The fourth-order valence-corrected chi connectivity index (χ4v) is 5.97. The molecule has 2 aliphatic rings. The first kappa shape index (κ1) is 26.2. The van der Waals surface area contributed by atoms with Gasteiger partial charge in [-0.3, -0.25) is 4.98 Å². The molecule has 6 rings (SSSR count). The smallest absolute Gasteiger partial charge is 0.657 e. The van der Waals surface area contributed by atoms with Gasteiger partial charge in [0.25, 0.3) is 0 Å². The minimum Gasteiger partial charge on any atom is -0.657 e. The molecule has 0 N–H and O–H groups in total. The number of benzene rings is 1. The van der Waals surface area contributed by atoms with Crippen molar-refractivity contribution in [3.8, 4) is 11.1 Å². The molecule has 195 valence electrons. The number of sulfone groups is 1. The number of fused-ring (bicyclic) bond motifs is 8. The molecule has 0 atom stereocenters. The van der Waals surface area contributed by atoms with Crippen molar-refractivity contribution >= 4 is 44.1 Å². The van der Waals surface area contributed by atoms with Crippen molar-refractivity contribution in [2.45, 2.75) is 37.5 Å². The van der Waals surface area contributed by atoms with Crippen molar-refractivity contribution in [3.63, 3.8) is 0 Å². The average Bonchev–Trinajstić information content (AvgIpc) is 3.59. The summed E-state index contributed by atoms with van der Waals surface area (Å²) in [6.45, 7) is 6.38. The van der Waals surface area contributed by atoms with Crippen LogP contribution < -0.4 is 9.97 Å². The van der Waals surface area contributed by atoms with Gasteiger partial charge in [-0.1, -0.05) is 74.0 Å². The Labute approximate surface area is 232 Å². The van der Waals surface area contributed by atoms with E-state index >= 15 is 0 Å². The number of hydrogen-bond donors (Lipinski definition) is 0. The number of rotatable bonds is 2. The topological polar surface area (TPSA) is 88.1 Å². The predicted octanol–water partition coefficient (Wildman–Crippen LogP) is 5.64. The number of hydrogen-bond acceptors (Lipinski definition) is 4. The van der Waals surface area contributed by atoms with E-state index in [2.05, 4.69) is 18.8 Å². The van der Waals surface area contributed by atoms with Crippen molar-refractivity contribution < 1.29 is 25.5 Å². The van der Waals surface area contributed by atoms with Gasteiger partial charge in [0.2, 0.25) is 0 Å². The van der Waals surface area contributed by atoms with Gasteiger partial charge < -0.3 is 9.97 Å². The van der Waals surface area contributed by atoms with Gasteiger partial charge in [-0.25, -0.2) is 13.4 Å². The molecular formula is C30H26CuN4O2S. The van der Waals surface area contributed by atoms with Gasteiger partial charge in [-0.2, -0.15) is 0 Å². The van der Waals surface area contributed by atoms with E-state index in [1.807, 2.05) is 67.6 Å². The van der Waals surface area contributed by atoms with Crippen molar-refractivity contribution in [2.75, 3.05) is 6.26 Å². The largest absolute Gasteiger partial charge is 2.00 e. The van der Waals surface area contributed by atoms with E-state index in [-0.39, 0.29) is 27.4 Å². The van der Waals surface area contributed by atoms with E-state index in [0.29, 0.717) is 22.4 Å². The molecule has 1 aromatic carbocycles. The molecule has 5 heterocycles. The molecule has 0 spiro atoms. The summed E-state index contributed by atoms with van der Waals surface area (Å²) >= 11 is 0. The van der Waals surface area contributed by atoms with Crippen LogP contribution in [0.3, 0.4) is 0 Å². The zero-order valence-electron chi connectivity index (χ0n) is 21.5. The van der Waals surface area contributed by atoms with Crippen LogP contribution in [0, 0.1) is 6.92 Å². The van der Waals surface area contributed by atoms with Crippen LogP contribution in [-0.4, -0.2) is 24.6 Å². The quantitative estimate of drug-likeness (QED) is 0.256. The molecule has 38 heavy (non-hydrogen) atoms. The third-order valence-corrected chi connectivity index (χ3v) is 7.99. The van der Waals surface area contributed by atoms with Crippen molar-refractivity contribution in [1.82, 2.24) is 19.9 Å². The normalized spacial score (nSPS) is 14.3. The minimum atomic E-state index is -3.63. The molecule has 0 saturated carbocycles. The number of aryl methyl sites for hydroxylation is 1. The first-order chi connectivity index (χ1) is 17.6. The van der Waals surface area contributed by atoms with Gasteiger partial charge >= 0.3 is 17.1 Å². The van der Waals surface area contributed by atoms with Crippen molar-refractivity contribution in [2.24, 2.45) is 0 Å². The standard InChI is InChI=1S/C30H26N4O2S.Cu/c1-18-5-7-19(8-6-18)28-23-11-9-21(31-23)16-27-30(2,3)17-22(33-27)15-20-10-12-25(32-20)29(37(4,35)36)26-14-13-24(28)34-26;/h5-16H,17H2,1-4H3;/q-2;+2. The second kappa shape index (κ2) is 9.38. The molecule has 4 aromatic rings. The van der Waals surface area contributed by atoms with Gasteiger partial charge in [0, 0.05) is 29.5 Å². The molecule has 3 aromatic heterocycles. The minimum absolute atomic E-state index is 0. The third-order valence-electron chi connectivity index (χ3n) is 6.83. The van der Waals surface area contributed by atoms with Crippen LogP contribution in [0.4, 0.5) is 0 Å². The Morgan fingerprint density at radius 1 is 0.842 bits per heavy atom. The van der Waals surface area contributed by atoms with E-state index in [4.69, 9.17) is 15.0 Å². The van der Waals surface area contributed by atoms with E-state index in [1.54, 1.807) is 12.1 Å². The predicted molar refractivity (Wildman–Crippen MR) is 148 cm³/mol. The first-order valence-electron chi connectivity index (χ1n) is 12.1. The maximum absolute atomic E-state index is 13.0. The summed E-state index contributed by atoms with van der Waals surface area (Å²) in [5.74, 6) is 0. The van der Waals surface area contributed by atoms with E-state index in [1.165, 1.54) is 6.26 Å². The second-order valence-corrected chi connectivity index (χ2v) is 12.4. The molecule has 8 bridgehead atoms. The van der Waals surface area contributed by atoms with E-state index in [9.17, 15) is 8.42 Å². The van der Waals surface area contributed by atoms with Crippen LogP contribution in [0.1, 0.15) is 42.2 Å². The Kier molecular flexibility index (Phi) is 6.46. The summed E-state index contributed by atoms with van der Waals surface area (Å²) in [6.07, 6.45) is 5.52. The fraction of sp³-hybridized carbons (Fsp3) is 0.200. The zero-order valence-corrected chi connectivity index (χ0v) is 23.2. The van der Waals surface area contributed by atoms with Crippen molar-refractivity contribution in [1.29, 1.82) is 0 Å². The summed E-state index contributed by atoms with van der Waals surface area (Å²) in [4.78, 5) is 19.4. The molecule has 6 nitrogen and oxygen atoms in total. The third kappa shape index (κ3) is 4.75. The van der Waals surface area contributed by atoms with Crippen LogP contribution in [0.15, 0.2) is 65.6 Å². The number of aromatic nitrogens is 4. The van der Waals surface area contributed by atoms with Crippen LogP contribution in [0.25, 0.3) is 45.3 Å². The molecule has 0 unspecified atom stereocenters. The zero-order chi connectivity index (χ0) is 25.9. The van der Waals surface area contributed by atoms with Gasteiger partial charge in [0.15, 0.2) is 9.84 Å². The van der Waals surface area contributed by atoms with Gasteiger partial charge in [0.1, 0.15) is 0 Å². The maximum atomic E-state index is 13.0. The molecule has 8 heteroatoms. The van der Waals surface area contributed by atoms with Gasteiger partial charge in [0.05, 0.1) is 16.3 Å². The van der Waals surface area contributed by atoms with Crippen LogP contribution in [0.2, 0.25) is 0 Å². The van der Waals surface area contributed by atoms with Crippen molar-refractivity contribution in [3.05, 3.63) is 89.0 Å². The summed E-state index contributed by atoms with van der Waals surface area (Å²) in [5, 5.41) is 0. The summed E-state index contributed by atoms with van der Waals surface area (Å²) in [6, 6.07) is 19.7. The molecule has 0 saturated heterocycles. The molecule has 0 amide bonds. The molecule has 0 fully saturated rings. The molecule has 0 aliphatic carbocycles.